The third kappa shape index (κ3) is 2.41. The van der Waals surface area contributed by atoms with Crippen molar-refractivity contribution >= 4 is 0 Å². The molecule has 1 saturated carbocycles. The second-order valence-electron chi connectivity index (χ2n) is 4.09. The molecule has 0 N–H and O–H groups in total. The highest BCUT2D eigenvalue weighted by Crippen LogP contribution is 2.28. The Hall–Kier alpha value is -1.36. The highest BCUT2D eigenvalue weighted by atomic mass is 16.5. The van der Waals surface area contributed by atoms with E-state index in [1.54, 1.807) is 0 Å². The van der Waals surface area contributed by atoms with Gasteiger partial charge in [0.1, 0.15) is 6.73 Å². The molecule has 1 aromatic heterocycles. The van der Waals surface area contributed by atoms with Crippen LogP contribution in [0.3, 0.4) is 0 Å². The van der Waals surface area contributed by atoms with Gasteiger partial charge < -0.3 is 9.30 Å². The summed E-state index contributed by atoms with van der Waals surface area (Å²) in [5.41, 5.74) is -0.601. The summed E-state index contributed by atoms with van der Waals surface area (Å²) < 4.78 is 7.97. The monoisotopic (exact) mass is 224 g/mol. The summed E-state index contributed by atoms with van der Waals surface area (Å²) in [6.45, 7) is 3.13. The van der Waals surface area contributed by atoms with Crippen LogP contribution in [-0.4, -0.2) is 15.7 Å². The molecule has 1 aliphatic rings. The fourth-order valence-corrected chi connectivity index (χ4v) is 1.51. The normalized spacial score (nSPS) is 15.3. The van der Waals surface area contributed by atoms with Gasteiger partial charge in [-0.15, -0.1) is 0 Å². The van der Waals surface area contributed by atoms with Crippen LogP contribution >= 0.6 is 0 Å². The summed E-state index contributed by atoms with van der Waals surface area (Å²) in [4.78, 5) is 23.2. The van der Waals surface area contributed by atoms with Gasteiger partial charge in [-0.3, -0.25) is 4.79 Å². The zero-order valence-electron chi connectivity index (χ0n) is 9.39. The molecule has 0 atom stereocenters. The van der Waals surface area contributed by atoms with E-state index in [9.17, 15) is 9.59 Å². The molecular formula is C11H16N2O3. The summed E-state index contributed by atoms with van der Waals surface area (Å²) in [5.74, 6) is 0.632. The number of aryl methyl sites for hydroxylation is 1. The van der Waals surface area contributed by atoms with Crippen LogP contribution in [0.25, 0.3) is 0 Å². The zero-order chi connectivity index (χ0) is 11.5. The maximum absolute atomic E-state index is 11.8. The van der Waals surface area contributed by atoms with Crippen molar-refractivity contribution < 1.29 is 4.74 Å². The molecule has 2 rings (SSSR count). The highest BCUT2D eigenvalue weighted by Gasteiger charge is 2.21. The average Bonchev–Trinajstić information content (AvgIpc) is 3.07. The van der Waals surface area contributed by atoms with Crippen molar-refractivity contribution in [3.8, 4) is 0 Å². The van der Waals surface area contributed by atoms with Crippen LogP contribution in [0.4, 0.5) is 0 Å². The van der Waals surface area contributed by atoms with E-state index < -0.39 is 0 Å². The molecule has 1 fully saturated rings. The van der Waals surface area contributed by atoms with Gasteiger partial charge in [-0.25, -0.2) is 9.36 Å². The Morgan fingerprint density at radius 2 is 2.19 bits per heavy atom. The lowest BCUT2D eigenvalue weighted by atomic mass is 10.5. The summed E-state index contributed by atoms with van der Waals surface area (Å²) in [7, 11) is 0. The molecule has 1 aliphatic carbocycles. The second kappa shape index (κ2) is 4.65. The Morgan fingerprint density at radius 3 is 2.81 bits per heavy atom. The molecule has 0 aliphatic heterocycles. The van der Waals surface area contributed by atoms with E-state index in [1.807, 2.05) is 6.92 Å². The fraction of sp³-hybridized carbons (Fsp3) is 0.636. The van der Waals surface area contributed by atoms with Gasteiger partial charge in [-0.1, -0.05) is 0 Å². The Morgan fingerprint density at radius 1 is 1.44 bits per heavy atom. The van der Waals surface area contributed by atoms with Crippen LogP contribution in [0.1, 0.15) is 19.8 Å². The maximum atomic E-state index is 11.8. The molecule has 0 bridgehead atoms. The molecule has 0 amide bonds. The van der Waals surface area contributed by atoms with Gasteiger partial charge in [0.05, 0.1) is 6.61 Å². The summed E-state index contributed by atoms with van der Waals surface area (Å²) in [6.07, 6.45) is 3.91. The number of ether oxygens (including phenoxy) is 1. The number of nitrogens with zero attached hydrogens (tertiary/aromatic N) is 2. The molecule has 5 nitrogen and oxygen atoms in total. The first kappa shape index (κ1) is 11.1. The number of hydrogen-bond acceptors (Lipinski definition) is 3. The first-order chi connectivity index (χ1) is 7.72. The molecule has 16 heavy (non-hydrogen) atoms. The minimum atomic E-state index is -0.300. The molecule has 88 valence electrons. The van der Waals surface area contributed by atoms with Gasteiger partial charge in [-0.05, 0) is 25.7 Å². The van der Waals surface area contributed by atoms with E-state index in [0.717, 1.165) is 4.57 Å². The quantitative estimate of drug-likeness (QED) is 0.728. The van der Waals surface area contributed by atoms with Gasteiger partial charge in [0, 0.05) is 18.8 Å². The number of hydrogen-bond donors (Lipinski definition) is 0. The Labute approximate surface area is 93.3 Å². The first-order valence-electron chi connectivity index (χ1n) is 5.60. The van der Waals surface area contributed by atoms with Crippen molar-refractivity contribution in [3.63, 3.8) is 0 Å². The zero-order valence-corrected chi connectivity index (χ0v) is 9.39. The Bertz CT molecular complexity index is 471. The van der Waals surface area contributed by atoms with Crippen molar-refractivity contribution in [2.75, 3.05) is 6.61 Å². The second-order valence-corrected chi connectivity index (χ2v) is 4.09. The van der Waals surface area contributed by atoms with Crippen molar-refractivity contribution in [1.29, 1.82) is 0 Å². The smallest absolute Gasteiger partial charge is 0.332 e. The van der Waals surface area contributed by atoms with Crippen molar-refractivity contribution in [2.45, 2.75) is 33.0 Å². The van der Waals surface area contributed by atoms with Gasteiger partial charge >= 0.3 is 5.69 Å². The predicted octanol–water partition coefficient (Wildman–Crippen LogP) is 0.414. The molecule has 0 spiro atoms. The SMILES string of the molecule is CCn1ccc(=O)n(COCC2CC2)c1=O. The largest absolute Gasteiger partial charge is 0.360 e. The molecule has 1 heterocycles. The number of aromatic nitrogens is 2. The van der Waals surface area contributed by atoms with E-state index in [4.69, 9.17) is 4.74 Å². The lowest BCUT2D eigenvalue weighted by molar-refractivity contribution is 0.0629. The third-order valence-corrected chi connectivity index (χ3v) is 2.75. The molecule has 0 aromatic carbocycles. The first-order valence-corrected chi connectivity index (χ1v) is 5.60. The highest BCUT2D eigenvalue weighted by molar-refractivity contribution is 4.85. The molecule has 0 unspecified atom stereocenters. The van der Waals surface area contributed by atoms with E-state index in [1.165, 1.54) is 29.7 Å². The standard InChI is InChI=1S/C11H16N2O3/c1-2-12-6-5-10(14)13(11(12)15)8-16-7-9-3-4-9/h5-6,9H,2-4,7-8H2,1H3. The number of rotatable bonds is 5. The van der Waals surface area contributed by atoms with E-state index in [0.29, 0.717) is 19.1 Å². The third-order valence-electron chi connectivity index (χ3n) is 2.75. The van der Waals surface area contributed by atoms with Crippen LogP contribution < -0.4 is 11.2 Å². The maximum Gasteiger partial charge on any atom is 0.332 e. The minimum absolute atomic E-state index is 0.0645. The van der Waals surface area contributed by atoms with Gasteiger partial charge in [0.15, 0.2) is 0 Å². The average molecular weight is 224 g/mol. The van der Waals surface area contributed by atoms with Crippen molar-refractivity contribution in [1.82, 2.24) is 9.13 Å². The fourth-order valence-electron chi connectivity index (χ4n) is 1.51. The van der Waals surface area contributed by atoms with Crippen LogP contribution in [0, 0.1) is 5.92 Å². The molecule has 1 aromatic rings. The van der Waals surface area contributed by atoms with Gasteiger partial charge in [0.25, 0.3) is 5.56 Å². The topological polar surface area (TPSA) is 53.2 Å². The minimum Gasteiger partial charge on any atom is -0.360 e. The molecular weight excluding hydrogens is 208 g/mol. The predicted molar refractivity (Wildman–Crippen MR) is 59.3 cm³/mol. The molecule has 0 radical (unpaired) electrons. The lowest BCUT2D eigenvalue weighted by Crippen LogP contribution is -2.39. The molecule has 0 saturated heterocycles. The van der Waals surface area contributed by atoms with E-state index in [2.05, 4.69) is 0 Å². The van der Waals surface area contributed by atoms with E-state index in [-0.39, 0.29) is 18.0 Å². The van der Waals surface area contributed by atoms with Gasteiger partial charge in [-0.2, -0.15) is 0 Å². The summed E-state index contributed by atoms with van der Waals surface area (Å²) in [6, 6.07) is 1.39. The van der Waals surface area contributed by atoms with Crippen LogP contribution in [0.2, 0.25) is 0 Å². The Balaban J connectivity index is 2.11. The van der Waals surface area contributed by atoms with Crippen molar-refractivity contribution in [2.24, 2.45) is 5.92 Å². The van der Waals surface area contributed by atoms with E-state index >= 15 is 0 Å². The van der Waals surface area contributed by atoms with Crippen LogP contribution in [-0.2, 0) is 18.0 Å². The lowest BCUT2D eigenvalue weighted by Gasteiger charge is -2.08. The van der Waals surface area contributed by atoms with Crippen LogP contribution in [0.15, 0.2) is 21.9 Å². The summed E-state index contributed by atoms with van der Waals surface area (Å²) in [5, 5.41) is 0. The summed E-state index contributed by atoms with van der Waals surface area (Å²) >= 11 is 0. The van der Waals surface area contributed by atoms with Crippen molar-refractivity contribution in [3.05, 3.63) is 33.1 Å². The van der Waals surface area contributed by atoms with Gasteiger partial charge in [0.2, 0.25) is 0 Å². The van der Waals surface area contributed by atoms with Crippen LogP contribution in [0.5, 0.6) is 0 Å². The Kier molecular flexibility index (Phi) is 3.24. The molecule has 5 heteroatoms.